The fourth-order valence-electron chi connectivity index (χ4n) is 8.39. The maximum Gasteiger partial charge on any atom is 0.305 e. The summed E-state index contributed by atoms with van der Waals surface area (Å²) in [4.78, 5) is 24.4. The molecule has 370 valence electrons. The zero-order chi connectivity index (χ0) is 45.8. The number of ether oxygens (including phenoxy) is 1. The van der Waals surface area contributed by atoms with Gasteiger partial charge in [-0.1, -0.05) is 262 Å². The molecule has 0 saturated heterocycles. The Hall–Kier alpha value is -1.92. The second-order valence-electron chi connectivity index (χ2n) is 18.9. The van der Waals surface area contributed by atoms with E-state index in [1.807, 2.05) is 12.2 Å². The van der Waals surface area contributed by atoms with E-state index in [0.29, 0.717) is 25.9 Å². The van der Waals surface area contributed by atoms with E-state index >= 15 is 0 Å². The molecule has 0 bridgehead atoms. The minimum atomic E-state index is -0.879. The van der Waals surface area contributed by atoms with Gasteiger partial charge in [-0.25, -0.2) is 0 Å². The highest BCUT2D eigenvalue weighted by atomic mass is 16.5. The molecule has 6 nitrogen and oxygen atoms in total. The maximum absolute atomic E-state index is 12.4. The van der Waals surface area contributed by atoms with Crippen molar-refractivity contribution >= 4 is 11.9 Å². The van der Waals surface area contributed by atoms with Gasteiger partial charge in [0.2, 0.25) is 5.91 Å². The molecule has 2 atom stereocenters. The second-order valence-corrected chi connectivity index (χ2v) is 18.9. The molecule has 3 N–H and O–H groups in total. The standard InChI is InChI=1S/C57H107NO5/c1-3-5-7-9-11-13-15-17-18-19-20-21-22-23-26-29-33-37-41-45-49-55(60)54(53-59)58-56(61)50-46-42-38-34-30-27-24-28-32-36-40-44-48-52-63-57(62)51-47-43-39-35-31-25-16-14-12-10-8-6-4-2/h27,30,38,42,45,49,54-55,59-60H,3-26,28-29,31-37,39-41,43-44,46-48,50-53H2,1-2H3,(H,58,61)/b30-27-,42-38-,49-45+. The van der Waals surface area contributed by atoms with E-state index in [0.717, 1.165) is 51.4 Å². The van der Waals surface area contributed by atoms with Crippen LogP contribution in [0, 0.1) is 0 Å². The van der Waals surface area contributed by atoms with Crippen LogP contribution in [0.3, 0.4) is 0 Å². The first-order chi connectivity index (χ1) is 31.0. The number of nitrogens with one attached hydrogen (secondary N) is 1. The van der Waals surface area contributed by atoms with E-state index in [2.05, 4.69) is 37.4 Å². The van der Waals surface area contributed by atoms with Gasteiger partial charge in [-0.2, -0.15) is 0 Å². The van der Waals surface area contributed by atoms with Crippen molar-refractivity contribution in [2.24, 2.45) is 0 Å². The molecule has 0 heterocycles. The van der Waals surface area contributed by atoms with E-state index < -0.39 is 12.1 Å². The molecular formula is C57H107NO5. The summed E-state index contributed by atoms with van der Waals surface area (Å²) in [5.74, 6) is -0.164. The third-order valence-electron chi connectivity index (χ3n) is 12.7. The lowest BCUT2D eigenvalue weighted by molar-refractivity contribution is -0.143. The van der Waals surface area contributed by atoms with Crippen LogP contribution in [0.25, 0.3) is 0 Å². The van der Waals surface area contributed by atoms with E-state index in [1.165, 1.54) is 205 Å². The number of rotatable bonds is 51. The average molecular weight is 886 g/mol. The van der Waals surface area contributed by atoms with E-state index in [-0.39, 0.29) is 18.5 Å². The van der Waals surface area contributed by atoms with Crippen molar-refractivity contribution in [2.75, 3.05) is 13.2 Å². The number of hydrogen-bond donors (Lipinski definition) is 3. The fourth-order valence-corrected chi connectivity index (χ4v) is 8.39. The van der Waals surface area contributed by atoms with E-state index in [1.54, 1.807) is 6.08 Å². The molecule has 0 aliphatic rings. The van der Waals surface area contributed by atoms with Crippen LogP contribution >= 0.6 is 0 Å². The molecule has 0 radical (unpaired) electrons. The largest absolute Gasteiger partial charge is 0.466 e. The summed E-state index contributed by atoms with van der Waals surface area (Å²) in [6.07, 6.45) is 64.5. The fraction of sp³-hybridized carbons (Fsp3) is 0.860. The van der Waals surface area contributed by atoms with E-state index in [4.69, 9.17) is 4.74 Å². The van der Waals surface area contributed by atoms with Crippen molar-refractivity contribution < 1.29 is 24.5 Å². The maximum atomic E-state index is 12.4. The minimum Gasteiger partial charge on any atom is -0.466 e. The molecule has 6 heteroatoms. The average Bonchev–Trinajstić information content (AvgIpc) is 3.28. The predicted molar refractivity (Wildman–Crippen MR) is 273 cm³/mol. The Morgan fingerprint density at radius 2 is 0.810 bits per heavy atom. The smallest absolute Gasteiger partial charge is 0.305 e. The lowest BCUT2D eigenvalue weighted by Gasteiger charge is -2.19. The number of hydrogen-bond acceptors (Lipinski definition) is 5. The Morgan fingerprint density at radius 1 is 0.444 bits per heavy atom. The zero-order valence-electron chi connectivity index (χ0n) is 42.1. The number of carbonyl (C=O) groups is 2. The van der Waals surface area contributed by atoms with Crippen LogP contribution in [0.15, 0.2) is 36.5 Å². The molecule has 2 unspecified atom stereocenters. The first kappa shape index (κ1) is 61.1. The van der Waals surface area contributed by atoms with Gasteiger partial charge in [0.05, 0.1) is 25.4 Å². The van der Waals surface area contributed by atoms with Crippen LogP contribution < -0.4 is 5.32 Å². The summed E-state index contributed by atoms with van der Waals surface area (Å²) in [5, 5.41) is 23.1. The number of esters is 1. The third kappa shape index (κ3) is 49.4. The number of unbranched alkanes of at least 4 members (excludes halogenated alkanes) is 36. The highest BCUT2D eigenvalue weighted by Crippen LogP contribution is 2.16. The summed E-state index contributed by atoms with van der Waals surface area (Å²) in [6, 6.07) is -0.672. The highest BCUT2D eigenvalue weighted by Gasteiger charge is 2.17. The molecular weight excluding hydrogens is 779 g/mol. The molecule has 63 heavy (non-hydrogen) atoms. The highest BCUT2D eigenvalue weighted by molar-refractivity contribution is 5.76. The molecule has 0 aliphatic heterocycles. The predicted octanol–water partition coefficient (Wildman–Crippen LogP) is 16.9. The molecule has 0 rings (SSSR count). The number of amides is 1. The minimum absolute atomic E-state index is 0.0170. The van der Waals surface area contributed by atoms with Gasteiger partial charge in [0, 0.05) is 12.8 Å². The van der Waals surface area contributed by atoms with Crippen LogP contribution in [0.4, 0.5) is 0 Å². The normalized spacial score (nSPS) is 12.9. The summed E-state index contributed by atoms with van der Waals surface area (Å²) in [5.41, 5.74) is 0. The Bertz CT molecular complexity index is 1020. The summed E-state index contributed by atoms with van der Waals surface area (Å²) in [7, 11) is 0. The summed E-state index contributed by atoms with van der Waals surface area (Å²) < 4.78 is 5.45. The van der Waals surface area contributed by atoms with Gasteiger partial charge in [-0.3, -0.25) is 9.59 Å². The van der Waals surface area contributed by atoms with Gasteiger partial charge in [0.25, 0.3) is 0 Å². The molecule has 0 aromatic rings. The zero-order valence-corrected chi connectivity index (χ0v) is 42.1. The first-order valence-electron chi connectivity index (χ1n) is 27.8. The van der Waals surface area contributed by atoms with Crippen LogP contribution in [0.5, 0.6) is 0 Å². The molecule has 0 aromatic carbocycles. The van der Waals surface area contributed by atoms with Crippen molar-refractivity contribution in [3.05, 3.63) is 36.5 Å². The summed E-state index contributed by atoms with van der Waals surface area (Å²) >= 11 is 0. The SMILES string of the molecule is CCCCCCCCCCCCCCCCCCCC/C=C/C(O)C(CO)NC(=O)CC/C=C\C/C=C\CCCCCCCCOC(=O)CCCCCCCCCCCCCCC. The Labute approximate surface area is 392 Å². The van der Waals surface area contributed by atoms with Crippen LogP contribution in [-0.4, -0.2) is 47.4 Å². The van der Waals surface area contributed by atoms with Crippen LogP contribution in [-0.2, 0) is 14.3 Å². The van der Waals surface area contributed by atoms with Crippen molar-refractivity contribution in [3.8, 4) is 0 Å². The Kier molecular flexibility index (Phi) is 51.1. The monoisotopic (exact) mass is 886 g/mol. The Balaban J connectivity index is 3.58. The topological polar surface area (TPSA) is 95.9 Å². The van der Waals surface area contributed by atoms with Crippen LogP contribution in [0.1, 0.15) is 290 Å². The second kappa shape index (κ2) is 52.7. The van der Waals surface area contributed by atoms with Crippen molar-refractivity contribution in [1.29, 1.82) is 0 Å². The number of allylic oxidation sites excluding steroid dienone is 5. The molecule has 0 saturated carbocycles. The third-order valence-corrected chi connectivity index (χ3v) is 12.7. The van der Waals surface area contributed by atoms with Gasteiger partial charge < -0.3 is 20.3 Å². The van der Waals surface area contributed by atoms with Crippen molar-refractivity contribution in [2.45, 2.75) is 302 Å². The van der Waals surface area contributed by atoms with Crippen molar-refractivity contribution in [3.63, 3.8) is 0 Å². The summed E-state index contributed by atoms with van der Waals surface area (Å²) in [6.45, 7) is 4.85. The van der Waals surface area contributed by atoms with E-state index in [9.17, 15) is 19.8 Å². The number of aliphatic hydroxyl groups excluding tert-OH is 2. The number of carbonyl (C=O) groups excluding carboxylic acids is 2. The Morgan fingerprint density at radius 3 is 1.24 bits per heavy atom. The van der Waals surface area contributed by atoms with Gasteiger partial charge in [-0.05, 0) is 51.4 Å². The lowest BCUT2D eigenvalue weighted by Crippen LogP contribution is -2.45. The molecule has 0 spiro atoms. The van der Waals surface area contributed by atoms with Crippen LogP contribution in [0.2, 0.25) is 0 Å². The first-order valence-corrected chi connectivity index (χ1v) is 27.8. The number of aliphatic hydroxyl groups is 2. The molecule has 0 aliphatic carbocycles. The lowest BCUT2D eigenvalue weighted by atomic mass is 10.0. The quantitative estimate of drug-likeness (QED) is 0.0321. The van der Waals surface area contributed by atoms with Gasteiger partial charge in [0.15, 0.2) is 0 Å². The molecule has 0 aromatic heterocycles. The van der Waals surface area contributed by atoms with Gasteiger partial charge in [-0.15, -0.1) is 0 Å². The van der Waals surface area contributed by atoms with Gasteiger partial charge in [0.1, 0.15) is 0 Å². The van der Waals surface area contributed by atoms with Gasteiger partial charge >= 0.3 is 5.97 Å². The molecule has 0 fully saturated rings. The van der Waals surface area contributed by atoms with Crippen molar-refractivity contribution in [1.82, 2.24) is 5.32 Å². The molecule has 1 amide bonds.